The zero-order valence-corrected chi connectivity index (χ0v) is 17.9. The lowest BCUT2D eigenvalue weighted by atomic mass is 10.1. The molecule has 0 saturated heterocycles. The number of hydrogen-bond acceptors (Lipinski definition) is 4. The van der Waals surface area contributed by atoms with E-state index >= 15 is 0 Å². The minimum atomic E-state index is -3.70. The van der Waals surface area contributed by atoms with E-state index in [-0.39, 0.29) is 4.90 Å². The average Bonchev–Trinajstić information content (AvgIpc) is 3.16. The van der Waals surface area contributed by atoms with Gasteiger partial charge in [0.25, 0.3) is 10.0 Å². The molecule has 0 radical (unpaired) electrons. The smallest absolute Gasteiger partial charge is 0.261 e. The van der Waals surface area contributed by atoms with E-state index in [0.717, 1.165) is 28.0 Å². The zero-order chi connectivity index (χ0) is 21.3. The van der Waals surface area contributed by atoms with E-state index in [9.17, 15) is 8.42 Å². The average molecular weight is 422 g/mol. The molecule has 0 aliphatic carbocycles. The van der Waals surface area contributed by atoms with Crippen LogP contribution in [0.4, 0.5) is 5.69 Å². The Kier molecular flexibility index (Phi) is 5.22. The highest BCUT2D eigenvalue weighted by Crippen LogP contribution is 2.26. The number of anilines is 1. The molecule has 7 heteroatoms. The van der Waals surface area contributed by atoms with Crippen molar-refractivity contribution in [3.8, 4) is 17.0 Å². The highest BCUT2D eigenvalue weighted by molar-refractivity contribution is 7.92. The van der Waals surface area contributed by atoms with Gasteiger partial charge in [0.15, 0.2) is 0 Å². The molecule has 0 amide bonds. The van der Waals surface area contributed by atoms with Crippen molar-refractivity contribution in [3.63, 3.8) is 0 Å². The zero-order valence-electron chi connectivity index (χ0n) is 17.1. The number of sulfonamides is 1. The molecule has 0 spiro atoms. The van der Waals surface area contributed by atoms with E-state index in [4.69, 9.17) is 4.74 Å². The van der Waals surface area contributed by atoms with Gasteiger partial charge in [-0.15, -0.1) is 0 Å². The van der Waals surface area contributed by atoms with Crippen molar-refractivity contribution in [1.82, 2.24) is 9.38 Å². The number of benzene rings is 2. The van der Waals surface area contributed by atoms with Crippen LogP contribution in [0, 0.1) is 13.8 Å². The molecular formula is C23H23N3O3S. The Morgan fingerprint density at radius 2 is 1.80 bits per heavy atom. The molecule has 0 aliphatic heterocycles. The summed E-state index contributed by atoms with van der Waals surface area (Å²) in [6.07, 6.45) is 3.92. The molecule has 0 aliphatic rings. The molecule has 4 rings (SSSR count). The Hall–Kier alpha value is -3.32. The van der Waals surface area contributed by atoms with Crippen LogP contribution < -0.4 is 9.46 Å². The van der Waals surface area contributed by atoms with Crippen LogP contribution in [0.25, 0.3) is 16.9 Å². The monoisotopic (exact) mass is 421 g/mol. The van der Waals surface area contributed by atoms with Crippen LogP contribution >= 0.6 is 0 Å². The fourth-order valence-electron chi connectivity index (χ4n) is 3.32. The fourth-order valence-corrected chi connectivity index (χ4v) is 4.47. The van der Waals surface area contributed by atoms with Gasteiger partial charge in [0, 0.05) is 23.6 Å². The first-order valence-electron chi connectivity index (χ1n) is 9.68. The van der Waals surface area contributed by atoms with Crippen LogP contribution in [0.3, 0.4) is 0 Å². The normalized spacial score (nSPS) is 11.6. The SMILES string of the molecule is CCOc1ccc(S(=O)(=O)Nc2ccc(-c3cn4cccc(C)c4n3)cc2)cc1C. The molecule has 30 heavy (non-hydrogen) atoms. The number of nitrogens with one attached hydrogen (secondary N) is 1. The third kappa shape index (κ3) is 3.89. The van der Waals surface area contributed by atoms with E-state index < -0.39 is 10.0 Å². The van der Waals surface area contributed by atoms with Crippen LogP contribution in [0.15, 0.2) is 71.9 Å². The Labute approximate surface area is 176 Å². The van der Waals surface area contributed by atoms with Crippen LogP contribution in [0.1, 0.15) is 18.1 Å². The summed E-state index contributed by atoms with van der Waals surface area (Å²) in [5, 5.41) is 0. The molecule has 2 aromatic carbocycles. The quantitative estimate of drug-likeness (QED) is 0.485. The minimum absolute atomic E-state index is 0.198. The van der Waals surface area contributed by atoms with Crippen LogP contribution in [-0.2, 0) is 10.0 Å². The van der Waals surface area contributed by atoms with Crippen molar-refractivity contribution in [3.05, 3.63) is 78.1 Å². The van der Waals surface area contributed by atoms with Crippen molar-refractivity contribution in [2.75, 3.05) is 11.3 Å². The highest BCUT2D eigenvalue weighted by Gasteiger charge is 2.16. The minimum Gasteiger partial charge on any atom is -0.494 e. The van der Waals surface area contributed by atoms with Gasteiger partial charge in [0.1, 0.15) is 11.4 Å². The first kappa shape index (κ1) is 20.0. The Bertz CT molecular complexity index is 1310. The molecule has 0 atom stereocenters. The Morgan fingerprint density at radius 3 is 2.47 bits per heavy atom. The van der Waals surface area contributed by atoms with Crippen molar-refractivity contribution in [2.24, 2.45) is 0 Å². The van der Waals surface area contributed by atoms with Gasteiger partial charge in [0.2, 0.25) is 0 Å². The van der Waals surface area contributed by atoms with Crippen molar-refractivity contribution in [1.29, 1.82) is 0 Å². The summed E-state index contributed by atoms with van der Waals surface area (Å²) in [6, 6.07) is 16.0. The van der Waals surface area contributed by atoms with Gasteiger partial charge in [-0.1, -0.05) is 18.2 Å². The summed E-state index contributed by atoms with van der Waals surface area (Å²) in [5.74, 6) is 0.684. The summed E-state index contributed by atoms with van der Waals surface area (Å²) in [5.41, 5.74) is 5.02. The van der Waals surface area contributed by atoms with Crippen molar-refractivity contribution >= 4 is 21.4 Å². The molecule has 1 N–H and O–H groups in total. The number of nitrogens with zero attached hydrogens (tertiary/aromatic N) is 2. The molecule has 6 nitrogen and oxygen atoms in total. The largest absolute Gasteiger partial charge is 0.494 e. The fraction of sp³-hybridized carbons (Fsp3) is 0.174. The summed E-state index contributed by atoms with van der Waals surface area (Å²) in [7, 11) is -3.70. The van der Waals surface area contributed by atoms with Gasteiger partial charge < -0.3 is 9.14 Å². The highest BCUT2D eigenvalue weighted by atomic mass is 32.2. The van der Waals surface area contributed by atoms with E-state index in [1.807, 2.05) is 61.8 Å². The van der Waals surface area contributed by atoms with Gasteiger partial charge in [-0.05, 0) is 68.3 Å². The predicted molar refractivity (Wildman–Crippen MR) is 119 cm³/mol. The summed E-state index contributed by atoms with van der Waals surface area (Å²) >= 11 is 0. The maximum absolute atomic E-state index is 12.8. The number of fused-ring (bicyclic) bond motifs is 1. The van der Waals surface area contributed by atoms with Crippen LogP contribution in [0.5, 0.6) is 5.75 Å². The molecular weight excluding hydrogens is 398 g/mol. The molecule has 2 heterocycles. The van der Waals surface area contributed by atoms with Crippen LogP contribution in [0.2, 0.25) is 0 Å². The van der Waals surface area contributed by atoms with Gasteiger partial charge in [-0.25, -0.2) is 13.4 Å². The van der Waals surface area contributed by atoms with Gasteiger partial charge >= 0.3 is 0 Å². The summed E-state index contributed by atoms with van der Waals surface area (Å²) in [6.45, 7) is 6.27. The topological polar surface area (TPSA) is 72.7 Å². The van der Waals surface area contributed by atoms with E-state index in [2.05, 4.69) is 9.71 Å². The lowest BCUT2D eigenvalue weighted by molar-refractivity contribution is 0.337. The lowest BCUT2D eigenvalue weighted by Crippen LogP contribution is -2.13. The third-order valence-corrected chi connectivity index (χ3v) is 6.25. The van der Waals surface area contributed by atoms with E-state index in [1.54, 1.807) is 30.3 Å². The van der Waals surface area contributed by atoms with E-state index in [0.29, 0.717) is 18.0 Å². The number of hydrogen-bond donors (Lipinski definition) is 1. The summed E-state index contributed by atoms with van der Waals surface area (Å²) < 4.78 is 35.6. The number of imidazole rings is 1. The second-order valence-corrected chi connectivity index (χ2v) is 8.77. The molecule has 4 aromatic rings. The molecule has 2 aromatic heterocycles. The number of aromatic nitrogens is 2. The molecule has 0 saturated carbocycles. The third-order valence-electron chi connectivity index (χ3n) is 4.87. The number of rotatable bonds is 6. The lowest BCUT2D eigenvalue weighted by Gasteiger charge is -2.11. The van der Waals surface area contributed by atoms with E-state index in [1.165, 1.54) is 0 Å². The molecule has 0 unspecified atom stereocenters. The maximum atomic E-state index is 12.8. The predicted octanol–water partition coefficient (Wildman–Crippen LogP) is 4.82. The van der Waals surface area contributed by atoms with Gasteiger partial charge in [-0.2, -0.15) is 0 Å². The first-order chi connectivity index (χ1) is 14.4. The second-order valence-electron chi connectivity index (χ2n) is 7.09. The van der Waals surface area contributed by atoms with Gasteiger partial charge in [0.05, 0.1) is 17.2 Å². The number of aryl methyl sites for hydroxylation is 2. The number of ether oxygens (including phenoxy) is 1. The van der Waals surface area contributed by atoms with Crippen LogP contribution in [-0.4, -0.2) is 24.4 Å². The van der Waals surface area contributed by atoms with Crippen molar-refractivity contribution < 1.29 is 13.2 Å². The number of pyridine rings is 1. The molecule has 0 bridgehead atoms. The Morgan fingerprint density at radius 1 is 1.03 bits per heavy atom. The molecule has 0 fully saturated rings. The molecule has 154 valence electrons. The first-order valence-corrected chi connectivity index (χ1v) is 11.2. The standard InChI is InChI=1S/C23H23N3O3S/c1-4-29-22-12-11-20(14-17(22)3)30(27,28)25-19-9-7-18(8-10-19)21-15-26-13-5-6-16(2)23(26)24-21/h5-15,25H,4H2,1-3H3. The van der Waals surface area contributed by atoms with Gasteiger partial charge in [-0.3, -0.25) is 4.72 Å². The van der Waals surface area contributed by atoms with Crippen molar-refractivity contribution in [2.45, 2.75) is 25.7 Å². The second kappa shape index (κ2) is 7.84. The Balaban J connectivity index is 1.56. The summed E-state index contributed by atoms with van der Waals surface area (Å²) in [4.78, 5) is 4.88. The maximum Gasteiger partial charge on any atom is 0.261 e.